The third-order valence-corrected chi connectivity index (χ3v) is 5.19. The minimum absolute atomic E-state index is 0.129. The van der Waals surface area contributed by atoms with Gasteiger partial charge in [-0.1, -0.05) is 45.4 Å². The molecule has 0 heterocycles. The molecule has 1 fully saturated rings. The van der Waals surface area contributed by atoms with E-state index in [1.165, 1.54) is 12.8 Å². The van der Waals surface area contributed by atoms with Crippen molar-refractivity contribution in [2.24, 2.45) is 17.8 Å². The van der Waals surface area contributed by atoms with E-state index >= 15 is 0 Å². The Balaban J connectivity index is 2.04. The Morgan fingerprint density at radius 1 is 1.21 bits per heavy atom. The molecule has 1 aromatic carbocycles. The predicted octanol–water partition coefficient (Wildman–Crippen LogP) is 4.19. The van der Waals surface area contributed by atoms with E-state index in [0.717, 1.165) is 11.3 Å². The van der Waals surface area contributed by atoms with E-state index in [0.29, 0.717) is 17.8 Å². The molecule has 1 aliphatic rings. The summed E-state index contributed by atoms with van der Waals surface area (Å²) in [6.07, 6.45) is 3.61. The van der Waals surface area contributed by atoms with Gasteiger partial charge in [-0.2, -0.15) is 0 Å². The molecule has 0 N–H and O–H groups in total. The predicted molar refractivity (Wildman–Crippen MR) is 79.1 cm³/mol. The summed E-state index contributed by atoms with van der Waals surface area (Å²) in [6.45, 7) is 6.74. The van der Waals surface area contributed by atoms with Gasteiger partial charge in [-0.15, -0.1) is 0 Å². The van der Waals surface area contributed by atoms with Gasteiger partial charge in [-0.3, -0.25) is 4.18 Å². The molecule has 2 rings (SSSR count). The molecule has 1 saturated carbocycles. The lowest BCUT2D eigenvalue weighted by molar-refractivity contribution is 0.0567. The monoisotopic (exact) mass is 280 g/mol. The molecular weight excluding hydrogens is 256 g/mol. The maximum atomic E-state index is 12.3. The molecule has 0 bridgehead atoms. The third kappa shape index (κ3) is 3.90. The second-order valence-electron chi connectivity index (χ2n) is 6.01. The highest BCUT2D eigenvalue weighted by atomic mass is 32.2. The van der Waals surface area contributed by atoms with E-state index in [2.05, 4.69) is 20.8 Å². The van der Waals surface area contributed by atoms with E-state index in [-0.39, 0.29) is 6.10 Å². The fraction of sp³-hybridized carbons (Fsp3) is 0.625. The average molecular weight is 280 g/mol. The van der Waals surface area contributed by atoms with Gasteiger partial charge in [0.05, 0.1) is 11.0 Å². The molecule has 0 saturated heterocycles. The van der Waals surface area contributed by atoms with Crippen LogP contribution in [-0.4, -0.2) is 10.3 Å². The van der Waals surface area contributed by atoms with Crippen LogP contribution in [-0.2, 0) is 15.3 Å². The number of hydrogen-bond acceptors (Lipinski definition) is 2. The molecule has 0 amide bonds. The molecule has 0 radical (unpaired) electrons. The van der Waals surface area contributed by atoms with Crippen molar-refractivity contribution in [3.8, 4) is 0 Å². The highest BCUT2D eigenvalue weighted by molar-refractivity contribution is 7.80. The first-order chi connectivity index (χ1) is 9.08. The molecule has 4 atom stereocenters. The summed E-state index contributed by atoms with van der Waals surface area (Å²) in [6, 6.07) is 9.47. The van der Waals surface area contributed by atoms with E-state index in [1.807, 2.05) is 30.3 Å². The minimum Gasteiger partial charge on any atom is -0.283 e. The van der Waals surface area contributed by atoms with Gasteiger partial charge < -0.3 is 0 Å². The summed E-state index contributed by atoms with van der Waals surface area (Å²) in [5.74, 6) is 1.79. The molecule has 1 aliphatic carbocycles. The Morgan fingerprint density at radius 2 is 1.89 bits per heavy atom. The summed E-state index contributed by atoms with van der Waals surface area (Å²) in [4.78, 5) is 0.767. The zero-order valence-electron chi connectivity index (χ0n) is 12.0. The van der Waals surface area contributed by atoms with Crippen molar-refractivity contribution in [2.45, 2.75) is 51.0 Å². The fourth-order valence-corrected chi connectivity index (χ4v) is 3.86. The Kier molecular flexibility index (Phi) is 5.17. The van der Waals surface area contributed by atoms with Gasteiger partial charge in [-0.25, -0.2) is 4.21 Å². The van der Waals surface area contributed by atoms with E-state index < -0.39 is 11.1 Å². The lowest BCUT2D eigenvalue weighted by atomic mass is 9.75. The number of rotatable bonds is 4. The molecule has 106 valence electrons. The van der Waals surface area contributed by atoms with Crippen LogP contribution in [0.3, 0.4) is 0 Å². The molecule has 19 heavy (non-hydrogen) atoms. The minimum atomic E-state index is -1.33. The Hall–Kier alpha value is -0.670. The molecule has 0 spiro atoms. The summed E-state index contributed by atoms with van der Waals surface area (Å²) >= 11 is -1.33. The highest BCUT2D eigenvalue weighted by Crippen LogP contribution is 2.36. The van der Waals surface area contributed by atoms with Crippen LogP contribution in [0.5, 0.6) is 0 Å². The Bertz CT molecular complexity index is 416. The van der Waals surface area contributed by atoms with Crippen LogP contribution in [0.25, 0.3) is 0 Å². The van der Waals surface area contributed by atoms with Crippen LogP contribution in [0.15, 0.2) is 35.2 Å². The molecule has 1 unspecified atom stereocenters. The second-order valence-corrected chi connectivity index (χ2v) is 7.14. The topological polar surface area (TPSA) is 26.3 Å². The molecular formula is C16H24O2S. The standard InChI is InChI=1S/C16H24O2S/c1-12(2)15-10-9-13(3)11-16(15)18-19(17)14-7-5-4-6-8-14/h4-8,12-13,15-16H,9-11H2,1-3H3/t13-,15+,16-,19?/m1/s1. The largest absolute Gasteiger partial charge is 0.283 e. The highest BCUT2D eigenvalue weighted by Gasteiger charge is 2.33. The van der Waals surface area contributed by atoms with Gasteiger partial charge in [0.2, 0.25) is 0 Å². The second kappa shape index (κ2) is 6.67. The van der Waals surface area contributed by atoms with Gasteiger partial charge >= 0.3 is 0 Å². The summed E-state index contributed by atoms with van der Waals surface area (Å²) in [5, 5.41) is 0. The van der Waals surface area contributed by atoms with Crippen LogP contribution in [0.4, 0.5) is 0 Å². The normalized spacial score (nSPS) is 29.4. The first kappa shape index (κ1) is 14.7. The lowest BCUT2D eigenvalue weighted by Gasteiger charge is -2.36. The first-order valence-corrected chi connectivity index (χ1v) is 8.29. The molecule has 2 nitrogen and oxygen atoms in total. The smallest absolute Gasteiger partial charge is 0.189 e. The van der Waals surface area contributed by atoms with Crippen molar-refractivity contribution in [1.29, 1.82) is 0 Å². The summed E-state index contributed by atoms with van der Waals surface area (Å²) < 4.78 is 18.2. The van der Waals surface area contributed by atoms with Gasteiger partial charge in [0, 0.05) is 0 Å². The maximum Gasteiger partial charge on any atom is 0.189 e. The molecule has 1 aromatic rings. The fourth-order valence-electron chi connectivity index (χ4n) is 2.92. The van der Waals surface area contributed by atoms with Crippen molar-refractivity contribution in [1.82, 2.24) is 0 Å². The van der Waals surface area contributed by atoms with Crippen molar-refractivity contribution >= 4 is 11.1 Å². The first-order valence-electron chi connectivity index (χ1n) is 7.22. The van der Waals surface area contributed by atoms with Gasteiger partial charge in [0.1, 0.15) is 0 Å². The van der Waals surface area contributed by atoms with Crippen LogP contribution < -0.4 is 0 Å². The zero-order valence-corrected chi connectivity index (χ0v) is 12.9. The molecule has 0 aromatic heterocycles. The van der Waals surface area contributed by atoms with Crippen molar-refractivity contribution in [3.63, 3.8) is 0 Å². The van der Waals surface area contributed by atoms with E-state index in [4.69, 9.17) is 4.18 Å². The number of hydrogen-bond donors (Lipinski definition) is 0. The molecule has 3 heteroatoms. The SMILES string of the molecule is CC(C)[C@@H]1CC[C@@H](C)C[C@H]1OS(=O)c1ccccc1. The lowest BCUT2D eigenvalue weighted by Crippen LogP contribution is -2.34. The third-order valence-electron chi connectivity index (χ3n) is 4.11. The van der Waals surface area contributed by atoms with Gasteiger partial charge in [0.15, 0.2) is 11.1 Å². The zero-order chi connectivity index (χ0) is 13.8. The van der Waals surface area contributed by atoms with Crippen molar-refractivity contribution < 1.29 is 8.39 Å². The maximum absolute atomic E-state index is 12.3. The van der Waals surface area contributed by atoms with E-state index in [9.17, 15) is 4.21 Å². The van der Waals surface area contributed by atoms with Crippen LogP contribution >= 0.6 is 0 Å². The summed E-state index contributed by atoms with van der Waals surface area (Å²) in [7, 11) is 0. The van der Waals surface area contributed by atoms with Crippen LogP contribution in [0.1, 0.15) is 40.0 Å². The van der Waals surface area contributed by atoms with Crippen LogP contribution in [0.2, 0.25) is 0 Å². The van der Waals surface area contributed by atoms with Crippen molar-refractivity contribution in [2.75, 3.05) is 0 Å². The summed E-state index contributed by atoms with van der Waals surface area (Å²) in [5.41, 5.74) is 0. The van der Waals surface area contributed by atoms with Crippen LogP contribution in [0, 0.1) is 17.8 Å². The van der Waals surface area contributed by atoms with E-state index in [1.54, 1.807) is 0 Å². The van der Waals surface area contributed by atoms with Gasteiger partial charge in [0.25, 0.3) is 0 Å². The van der Waals surface area contributed by atoms with Gasteiger partial charge in [-0.05, 0) is 42.7 Å². The average Bonchev–Trinajstić information content (AvgIpc) is 2.39. The Labute approximate surface area is 119 Å². The molecule has 0 aliphatic heterocycles. The quantitative estimate of drug-likeness (QED) is 0.826. The number of benzene rings is 1. The Morgan fingerprint density at radius 3 is 2.53 bits per heavy atom. The van der Waals surface area contributed by atoms with Crippen molar-refractivity contribution in [3.05, 3.63) is 30.3 Å².